The minimum absolute atomic E-state index is 0.524. The van der Waals surface area contributed by atoms with Crippen LogP contribution in [0, 0.1) is 0 Å². The number of aliphatic hydroxyl groups excluding tert-OH is 1. The standard InChI is InChI=1S/C13H12Cl2OS/c14-10-4-1-5-11(15)13(10)12(16)7-6-9-3-2-8-17-9/h1-5,8,12,16H,6-7H2. The zero-order valence-electron chi connectivity index (χ0n) is 9.07. The minimum Gasteiger partial charge on any atom is -0.388 e. The van der Waals surface area contributed by atoms with Crippen LogP contribution in [-0.2, 0) is 6.42 Å². The lowest BCUT2D eigenvalue weighted by atomic mass is 10.0. The lowest BCUT2D eigenvalue weighted by Gasteiger charge is -2.13. The van der Waals surface area contributed by atoms with Gasteiger partial charge in [-0.2, -0.15) is 0 Å². The van der Waals surface area contributed by atoms with Gasteiger partial charge in [-0.05, 0) is 36.4 Å². The fourth-order valence-corrected chi connectivity index (χ4v) is 3.08. The summed E-state index contributed by atoms with van der Waals surface area (Å²) in [4.78, 5) is 1.26. The van der Waals surface area contributed by atoms with Gasteiger partial charge in [0.25, 0.3) is 0 Å². The molecular weight excluding hydrogens is 275 g/mol. The Balaban J connectivity index is 2.07. The van der Waals surface area contributed by atoms with Crippen LogP contribution in [0.3, 0.4) is 0 Å². The van der Waals surface area contributed by atoms with Crippen LogP contribution < -0.4 is 0 Å². The lowest BCUT2D eigenvalue weighted by Crippen LogP contribution is -2.00. The van der Waals surface area contributed by atoms with Crippen molar-refractivity contribution in [2.45, 2.75) is 18.9 Å². The average Bonchev–Trinajstić information content (AvgIpc) is 2.79. The molecule has 2 aromatic rings. The van der Waals surface area contributed by atoms with Crippen LogP contribution in [0.1, 0.15) is 23.0 Å². The summed E-state index contributed by atoms with van der Waals surface area (Å²) < 4.78 is 0. The zero-order chi connectivity index (χ0) is 12.3. The van der Waals surface area contributed by atoms with Crippen LogP contribution in [0.2, 0.25) is 10.0 Å². The van der Waals surface area contributed by atoms with Gasteiger partial charge >= 0.3 is 0 Å². The highest BCUT2D eigenvalue weighted by Gasteiger charge is 2.15. The Bertz CT molecular complexity index is 462. The van der Waals surface area contributed by atoms with Crippen LogP contribution in [0.4, 0.5) is 0 Å². The maximum Gasteiger partial charge on any atom is 0.0822 e. The highest BCUT2D eigenvalue weighted by molar-refractivity contribution is 7.09. The molecule has 1 aromatic heterocycles. The molecule has 1 unspecified atom stereocenters. The lowest BCUT2D eigenvalue weighted by molar-refractivity contribution is 0.168. The first-order valence-corrected chi connectivity index (χ1v) is 6.96. The third-order valence-electron chi connectivity index (χ3n) is 2.58. The van der Waals surface area contributed by atoms with E-state index in [9.17, 15) is 5.11 Å². The second kappa shape index (κ2) is 5.87. The van der Waals surface area contributed by atoms with Crippen LogP contribution in [0.25, 0.3) is 0 Å². The van der Waals surface area contributed by atoms with E-state index in [1.807, 2.05) is 11.4 Å². The maximum atomic E-state index is 10.1. The number of rotatable bonds is 4. The fourth-order valence-electron chi connectivity index (χ4n) is 1.71. The molecule has 1 heterocycles. The van der Waals surface area contributed by atoms with E-state index < -0.39 is 6.10 Å². The summed E-state index contributed by atoms with van der Waals surface area (Å²) in [6.45, 7) is 0. The molecule has 0 fully saturated rings. The van der Waals surface area contributed by atoms with Gasteiger partial charge in [-0.15, -0.1) is 11.3 Å². The Kier molecular flexibility index (Phi) is 4.46. The minimum atomic E-state index is -0.613. The normalized spacial score (nSPS) is 12.6. The van der Waals surface area contributed by atoms with Crippen LogP contribution >= 0.6 is 34.5 Å². The van der Waals surface area contributed by atoms with Crippen molar-refractivity contribution >= 4 is 34.5 Å². The summed E-state index contributed by atoms with van der Waals surface area (Å²) in [5.74, 6) is 0. The fraction of sp³-hybridized carbons (Fsp3) is 0.231. The second-order valence-electron chi connectivity index (χ2n) is 3.77. The summed E-state index contributed by atoms with van der Waals surface area (Å²) in [6.07, 6.45) is 0.850. The number of thiophene rings is 1. The number of benzene rings is 1. The van der Waals surface area contributed by atoms with Gasteiger partial charge < -0.3 is 5.11 Å². The summed E-state index contributed by atoms with van der Waals surface area (Å²) in [7, 11) is 0. The van der Waals surface area contributed by atoms with Crippen LogP contribution in [-0.4, -0.2) is 5.11 Å². The van der Waals surface area contributed by atoms with Gasteiger partial charge in [0.05, 0.1) is 6.10 Å². The molecule has 0 bridgehead atoms. The molecule has 1 atom stereocenters. The van der Waals surface area contributed by atoms with Crippen LogP contribution in [0.15, 0.2) is 35.7 Å². The summed E-state index contributed by atoms with van der Waals surface area (Å²) in [5.41, 5.74) is 0.632. The third-order valence-corrected chi connectivity index (χ3v) is 4.17. The molecule has 0 spiro atoms. The van der Waals surface area contributed by atoms with E-state index in [0.717, 1.165) is 6.42 Å². The first-order chi connectivity index (χ1) is 8.18. The van der Waals surface area contributed by atoms with E-state index in [-0.39, 0.29) is 0 Å². The number of halogens is 2. The second-order valence-corrected chi connectivity index (χ2v) is 5.62. The molecule has 0 saturated heterocycles. The number of aliphatic hydroxyl groups is 1. The van der Waals surface area contributed by atoms with E-state index in [0.29, 0.717) is 22.0 Å². The van der Waals surface area contributed by atoms with Crippen molar-refractivity contribution in [1.29, 1.82) is 0 Å². The molecule has 0 saturated carbocycles. The highest BCUT2D eigenvalue weighted by Crippen LogP contribution is 2.32. The summed E-state index contributed by atoms with van der Waals surface area (Å²) in [6, 6.07) is 9.34. The Morgan fingerprint density at radius 3 is 2.41 bits per heavy atom. The molecule has 0 aliphatic heterocycles. The first kappa shape index (κ1) is 12.9. The monoisotopic (exact) mass is 286 g/mol. The van der Waals surface area contributed by atoms with E-state index in [4.69, 9.17) is 23.2 Å². The Morgan fingerprint density at radius 1 is 1.12 bits per heavy atom. The average molecular weight is 287 g/mol. The Labute approximate surface area is 115 Å². The van der Waals surface area contributed by atoms with Gasteiger partial charge in [0.15, 0.2) is 0 Å². The molecular formula is C13H12Cl2OS. The number of aryl methyl sites for hydroxylation is 1. The van der Waals surface area contributed by atoms with Gasteiger partial charge in [0, 0.05) is 20.5 Å². The van der Waals surface area contributed by atoms with E-state index in [1.54, 1.807) is 29.5 Å². The molecule has 1 nitrogen and oxygen atoms in total. The molecule has 1 aromatic carbocycles. The summed E-state index contributed by atoms with van der Waals surface area (Å²) >= 11 is 13.8. The van der Waals surface area contributed by atoms with Crippen LogP contribution in [0.5, 0.6) is 0 Å². The van der Waals surface area contributed by atoms with E-state index in [1.165, 1.54) is 4.88 Å². The van der Waals surface area contributed by atoms with Gasteiger partial charge in [-0.1, -0.05) is 35.3 Å². The number of hydrogen-bond acceptors (Lipinski definition) is 2. The molecule has 0 aliphatic rings. The smallest absolute Gasteiger partial charge is 0.0822 e. The quantitative estimate of drug-likeness (QED) is 0.862. The number of hydrogen-bond donors (Lipinski definition) is 1. The van der Waals surface area contributed by atoms with Crippen molar-refractivity contribution < 1.29 is 5.11 Å². The largest absolute Gasteiger partial charge is 0.388 e. The van der Waals surface area contributed by atoms with Gasteiger partial charge in [-0.3, -0.25) is 0 Å². The van der Waals surface area contributed by atoms with Gasteiger partial charge in [0.1, 0.15) is 0 Å². The van der Waals surface area contributed by atoms with Gasteiger partial charge in [-0.25, -0.2) is 0 Å². The van der Waals surface area contributed by atoms with Crippen molar-refractivity contribution in [2.24, 2.45) is 0 Å². The molecule has 0 amide bonds. The molecule has 0 aliphatic carbocycles. The molecule has 0 radical (unpaired) electrons. The molecule has 17 heavy (non-hydrogen) atoms. The van der Waals surface area contributed by atoms with Crippen molar-refractivity contribution in [1.82, 2.24) is 0 Å². The van der Waals surface area contributed by atoms with Crippen molar-refractivity contribution in [3.05, 3.63) is 56.2 Å². The molecule has 2 rings (SSSR count). The Morgan fingerprint density at radius 2 is 1.82 bits per heavy atom. The summed E-state index contributed by atoms with van der Waals surface area (Å²) in [5, 5.41) is 13.2. The van der Waals surface area contributed by atoms with E-state index >= 15 is 0 Å². The topological polar surface area (TPSA) is 20.2 Å². The molecule has 1 N–H and O–H groups in total. The van der Waals surface area contributed by atoms with E-state index in [2.05, 4.69) is 6.07 Å². The maximum absolute atomic E-state index is 10.1. The van der Waals surface area contributed by atoms with Gasteiger partial charge in [0.2, 0.25) is 0 Å². The Hall–Kier alpha value is -0.540. The molecule has 4 heteroatoms. The highest BCUT2D eigenvalue weighted by atomic mass is 35.5. The zero-order valence-corrected chi connectivity index (χ0v) is 11.4. The SMILES string of the molecule is OC(CCc1cccs1)c1c(Cl)cccc1Cl. The van der Waals surface area contributed by atoms with Crippen molar-refractivity contribution in [3.8, 4) is 0 Å². The third kappa shape index (κ3) is 3.23. The first-order valence-electron chi connectivity index (χ1n) is 5.33. The van der Waals surface area contributed by atoms with Crippen molar-refractivity contribution in [3.63, 3.8) is 0 Å². The predicted molar refractivity (Wildman–Crippen MR) is 74.1 cm³/mol. The predicted octanol–water partition coefficient (Wildman–Crippen LogP) is 4.72. The molecule has 90 valence electrons. The van der Waals surface area contributed by atoms with Crippen molar-refractivity contribution in [2.75, 3.05) is 0 Å².